The third kappa shape index (κ3) is 4.35. The molecule has 7 heterocycles. The number of aryl methyl sites for hydroxylation is 2. The number of amides is 1. The second-order valence-corrected chi connectivity index (χ2v) is 11.8. The van der Waals surface area contributed by atoms with Crippen LogP contribution in [0.15, 0.2) is 35.0 Å². The standard InChI is InChI=1S/C28H31N9O4/c1-16-9-20(34-8-7-28(3,15-34)27-29-17(2)33-41-27)14-37-24(16)31-23(32-37)25(38)36-12-18-10-35(11-19(18)13-36)22-6-4-5-21(30-22)26(39)40/h4-6,9,14,18-19H,7-8,10-13,15H2,1-3H3,(H,39,40)/t18-,19+,28?. The lowest BCUT2D eigenvalue weighted by Gasteiger charge is -2.22. The van der Waals surface area contributed by atoms with Crippen molar-refractivity contribution < 1.29 is 19.2 Å². The minimum atomic E-state index is -1.04. The summed E-state index contributed by atoms with van der Waals surface area (Å²) in [5.74, 6) is 1.52. The van der Waals surface area contributed by atoms with Crippen LogP contribution in [0.5, 0.6) is 0 Å². The normalized spacial score (nSPS) is 24.0. The van der Waals surface area contributed by atoms with Crippen molar-refractivity contribution in [2.45, 2.75) is 32.6 Å². The van der Waals surface area contributed by atoms with Crippen molar-refractivity contribution in [3.8, 4) is 0 Å². The van der Waals surface area contributed by atoms with Gasteiger partial charge in [0.05, 0.1) is 17.3 Å². The van der Waals surface area contributed by atoms with E-state index in [1.807, 2.05) is 31.0 Å². The van der Waals surface area contributed by atoms with Crippen LogP contribution in [0.4, 0.5) is 11.5 Å². The van der Waals surface area contributed by atoms with Gasteiger partial charge in [0.25, 0.3) is 5.91 Å². The molecule has 0 saturated carbocycles. The largest absolute Gasteiger partial charge is 0.477 e. The molecule has 1 N–H and O–H groups in total. The van der Waals surface area contributed by atoms with Crippen LogP contribution in [-0.4, -0.2) is 90.9 Å². The number of hydrogen-bond acceptors (Lipinski definition) is 10. The van der Waals surface area contributed by atoms with Crippen molar-refractivity contribution in [1.82, 2.24) is 34.6 Å². The zero-order valence-corrected chi connectivity index (χ0v) is 23.2. The maximum atomic E-state index is 13.5. The Morgan fingerprint density at radius 2 is 1.83 bits per heavy atom. The third-order valence-corrected chi connectivity index (χ3v) is 8.73. The zero-order valence-electron chi connectivity index (χ0n) is 23.2. The molecule has 13 nitrogen and oxygen atoms in total. The first-order chi connectivity index (χ1) is 19.7. The lowest BCUT2D eigenvalue weighted by atomic mass is 9.90. The SMILES string of the molecule is Cc1noc(C2(C)CCN(c3cc(C)c4nc(C(=O)N5C[C@@H]6CN(c7cccc(C(=O)O)n7)C[C@@H]6C5)nn4c3)C2)n1. The summed E-state index contributed by atoms with van der Waals surface area (Å²) < 4.78 is 7.20. The highest BCUT2D eigenvalue weighted by molar-refractivity contribution is 5.91. The molecule has 3 fully saturated rings. The van der Waals surface area contributed by atoms with E-state index in [4.69, 9.17) is 4.52 Å². The van der Waals surface area contributed by atoms with Gasteiger partial charge in [0.15, 0.2) is 17.2 Å². The van der Waals surface area contributed by atoms with Crippen LogP contribution in [0.25, 0.3) is 5.65 Å². The molecule has 41 heavy (non-hydrogen) atoms. The monoisotopic (exact) mass is 557 g/mol. The average Bonchev–Trinajstić information content (AvgIpc) is 3.76. The summed E-state index contributed by atoms with van der Waals surface area (Å²) in [6.07, 6.45) is 2.83. The van der Waals surface area contributed by atoms with Crippen molar-refractivity contribution >= 4 is 29.0 Å². The topological polar surface area (TPSA) is 146 Å². The molecule has 3 atom stereocenters. The molecule has 13 heteroatoms. The average molecular weight is 558 g/mol. The minimum Gasteiger partial charge on any atom is -0.477 e. The van der Waals surface area contributed by atoms with Crippen molar-refractivity contribution in [1.29, 1.82) is 0 Å². The summed E-state index contributed by atoms with van der Waals surface area (Å²) in [7, 11) is 0. The number of carbonyl (C=O) groups is 2. The summed E-state index contributed by atoms with van der Waals surface area (Å²) in [5.41, 5.74) is 2.43. The lowest BCUT2D eigenvalue weighted by molar-refractivity contribution is 0.0689. The number of rotatable bonds is 5. The fourth-order valence-electron chi connectivity index (χ4n) is 6.50. The first-order valence-electron chi connectivity index (χ1n) is 13.8. The molecule has 3 saturated heterocycles. The highest BCUT2D eigenvalue weighted by atomic mass is 16.5. The molecule has 0 spiro atoms. The number of carboxylic acids is 1. The van der Waals surface area contributed by atoms with Crippen LogP contribution in [0.3, 0.4) is 0 Å². The van der Waals surface area contributed by atoms with Gasteiger partial charge < -0.3 is 24.3 Å². The molecule has 0 bridgehead atoms. The number of carbonyl (C=O) groups excluding carboxylic acids is 1. The number of fused-ring (bicyclic) bond motifs is 2. The van der Waals surface area contributed by atoms with E-state index in [2.05, 4.69) is 48.0 Å². The molecule has 3 aliphatic heterocycles. The molecule has 3 aliphatic rings. The van der Waals surface area contributed by atoms with E-state index in [1.165, 1.54) is 6.07 Å². The van der Waals surface area contributed by atoms with Gasteiger partial charge in [-0.3, -0.25) is 4.79 Å². The Morgan fingerprint density at radius 3 is 2.54 bits per heavy atom. The van der Waals surface area contributed by atoms with Crippen LogP contribution in [0.2, 0.25) is 0 Å². The molecule has 0 aliphatic carbocycles. The van der Waals surface area contributed by atoms with E-state index in [-0.39, 0.29) is 34.7 Å². The number of anilines is 2. The van der Waals surface area contributed by atoms with Gasteiger partial charge in [-0.1, -0.05) is 11.2 Å². The summed E-state index contributed by atoms with van der Waals surface area (Å²) in [6, 6.07) is 7.14. The Balaban J connectivity index is 1.05. The first kappa shape index (κ1) is 25.4. The van der Waals surface area contributed by atoms with Crippen molar-refractivity contribution in [3.63, 3.8) is 0 Å². The van der Waals surface area contributed by atoms with Gasteiger partial charge in [-0.15, -0.1) is 5.10 Å². The van der Waals surface area contributed by atoms with Crippen molar-refractivity contribution in [3.05, 3.63) is 59.3 Å². The van der Waals surface area contributed by atoms with Gasteiger partial charge in [-0.25, -0.2) is 19.3 Å². The second-order valence-electron chi connectivity index (χ2n) is 11.8. The van der Waals surface area contributed by atoms with E-state index >= 15 is 0 Å². The smallest absolute Gasteiger partial charge is 0.354 e. The number of hydrogen-bond donors (Lipinski definition) is 1. The summed E-state index contributed by atoms with van der Waals surface area (Å²) in [6.45, 7) is 10.2. The van der Waals surface area contributed by atoms with Gasteiger partial charge in [-0.05, 0) is 51.0 Å². The lowest BCUT2D eigenvalue weighted by Crippen LogP contribution is -2.34. The van der Waals surface area contributed by atoms with Crippen LogP contribution in [0, 0.1) is 25.7 Å². The van der Waals surface area contributed by atoms with Crippen LogP contribution < -0.4 is 9.80 Å². The highest BCUT2D eigenvalue weighted by Crippen LogP contribution is 2.37. The maximum absolute atomic E-state index is 13.5. The number of likely N-dealkylation sites (tertiary alicyclic amines) is 1. The molecule has 7 rings (SSSR count). The van der Waals surface area contributed by atoms with Crippen molar-refractivity contribution in [2.75, 3.05) is 49.1 Å². The molecule has 4 aromatic heterocycles. The fraction of sp³-hybridized carbons (Fsp3) is 0.464. The Labute approximate surface area is 235 Å². The molecule has 0 aromatic carbocycles. The van der Waals surface area contributed by atoms with E-state index in [0.717, 1.165) is 43.9 Å². The zero-order chi connectivity index (χ0) is 28.5. The van der Waals surface area contributed by atoms with Crippen LogP contribution in [0.1, 0.15) is 51.7 Å². The van der Waals surface area contributed by atoms with E-state index in [0.29, 0.717) is 36.3 Å². The predicted molar refractivity (Wildman–Crippen MR) is 147 cm³/mol. The maximum Gasteiger partial charge on any atom is 0.354 e. The number of carboxylic acid groups (broad SMARTS) is 1. The molecule has 0 radical (unpaired) electrons. The molecular formula is C28H31N9O4. The molecule has 1 unspecified atom stereocenters. The van der Waals surface area contributed by atoms with E-state index in [9.17, 15) is 14.7 Å². The van der Waals surface area contributed by atoms with Crippen molar-refractivity contribution in [2.24, 2.45) is 11.8 Å². The quantitative estimate of drug-likeness (QED) is 0.385. The van der Waals surface area contributed by atoms with Gasteiger partial charge in [0.2, 0.25) is 11.7 Å². The molecule has 1 amide bonds. The summed E-state index contributed by atoms with van der Waals surface area (Å²) >= 11 is 0. The van der Waals surface area contributed by atoms with Gasteiger partial charge in [-0.2, -0.15) is 4.98 Å². The van der Waals surface area contributed by atoms with Crippen LogP contribution in [-0.2, 0) is 5.41 Å². The molecule has 212 valence electrons. The van der Waals surface area contributed by atoms with Crippen LogP contribution >= 0.6 is 0 Å². The minimum absolute atomic E-state index is 0.0356. The number of pyridine rings is 2. The summed E-state index contributed by atoms with van der Waals surface area (Å²) in [5, 5.41) is 17.8. The number of aromatic nitrogens is 6. The Morgan fingerprint density at radius 1 is 1.05 bits per heavy atom. The Kier molecular flexibility index (Phi) is 5.73. The summed E-state index contributed by atoms with van der Waals surface area (Å²) in [4.78, 5) is 44.4. The van der Waals surface area contributed by atoms with E-state index in [1.54, 1.807) is 10.6 Å². The fourth-order valence-corrected chi connectivity index (χ4v) is 6.50. The molecular weight excluding hydrogens is 526 g/mol. The number of nitrogens with zero attached hydrogens (tertiary/aromatic N) is 9. The van der Waals surface area contributed by atoms with Gasteiger partial charge in [0.1, 0.15) is 5.82 Å². The van der Waals surface area contributed by atoms with Gasteiger partial charge >= 0.3 is 5.97 Å². The Hall–Kier alpha value is -4.55. The third-order valence-electron chi connectivity index (χ3n) is 8.73. The molecule has 4 aromatic rings. The predicted octanol–water partition coefficient (Wildman–Crippen LogP) is 2.20. The first-order valence-corrected chi connectivity index (χ1v) is 13.8. The van der Waals surface area contributed by atoms with Gasteiger partial charge in [0, 0.05) is 51.1 Å². The highest BCUT2D eigenvalue weighted by Gasteiger charge is 2.43. The van der Waals surface area contributed by atoms with E-state index < -0.39 is 5.97 Å². The number of aromatic carboxylic acids is 1. The second kappa shape index (κ2) is 9.25. The Bertz CT molecular complexity index is 1670.